The number of hydrogen-bond acceptors (Lipinski definition) is 3. The standard InChI is InChI=1S/C9H21N3O2S/c1-11(2)15(13,14)12(3)9(8-10)6-4-5-7-9/h4-8,10H2,1-3H3. The lowest BCUT2D eigenvalue weighted by Gasteiger charge is -2.38. The minimum absolute atomic E-state index is 0.358. The van der Waals surface area contributed by atoms with E-state index in [9.17, 15) is 8.42 Å². The number of rotatable bonds is 4. The molecule has 1 fully saturated rings. The molecule has 0 bridgehead atoms. The fraction of sp³-hybridized carbons (Fsp3) is 1.00. The zero-order valence-electron chi connectivity index (χ0n) is 9.73. The van der Waals surface area contributed by atoms with E-state index in [0.29, 0.717) is 6.54 Å². The summed E-state index contributed by atoms with van der Waals surface area (Å²) in [4.78, 5) is 0. The molecule has 0 radical (unpaired) electrons. The maximum atomic E-state index is 12.0. The van der Waals surface area contributed by atoms with Gasteiger partial charge in [-0.05, 0) is 12.8 Å². The first-order valence-corrected chi connectivity index (χ1v) is 6.63. The van der Waals surface area contributed by atoms with Crippen molar-refractivity contribution in [2.45, 2.75) is 31.2 Å². The third-order valence-electron chi connectivity index (χ3n) is 3.39. The second kappa shape index (κ2) is 4.37. The van der Waals surface area contributed by atoms with Crippen LogP contribution in [0, 0.1) is 0 Å². The van der Waals surface area contributed by atoms with Gasteiger partial charge in [0.15, 0.2) is 0 Å². The summed E-state index contributed by atoms with van der Waals surface area (Å²) in [5.74, 6) is 0. The third-order valence-corrected chi connectivity index (χ3v) is 5.39. The first kappa shape index (κ1) is 12.9. The van der Waals surface area contributed by atoms with Gasteiger partial charge in [-0.1, -0.05) is 12.8 Å². The van der Waals surface area contributed by atoms with E-state index in [1.165, 1.54) is 8.61 Å². The molecular weight excluding hydrogens is 214 g/mol. The molecule has 0 spiro atoms. The largest absolute Gasteiger partial charge is 0.329 e. The third kappa shape index (κ3) is 2.18. The summed E-state index contributed by atoms with van der Waals surface area (Å²) < 4.78 is 26.6. The topological polar surface area (TPSA) is 66.6 Å². The van der Waals surface area contributed by atoms with Crippen LogP contribution < -0.4 is 5.73 Å². The van der Waals surface area contributed by atoms with Crippen LogP contribution in [0.4, 0.5) is 0 Å². The van der Waals surface area contributed by atoms with Crippen molar-refractivity contribution in [2.75, 3.05) is 27.7 Å². The fourth-order valence-electron chi connectivity index (χ4n) is 2.17. The van der Waals surface area contributed by atoms with Crippen LogP contribution in [-0.2, 0) is 10.2 Å². The Hall–Kier alpha value is -0.170. The van der Waals surface area contributed by atoms with E-state index in [2.05, 4.69) is 0 Å². The fourth-order valence-corrected chi connectivity index (χ4v) is 3.41. The van der Waals surface area contributed by atoms with E-state index in [0.717, 1.165) is 25.7 Å². The van der Waals surface area contributed by atoms with Crippen molar-refractivity contribution in [3.8, 4) is 0 Å². The molecule has 0 aromatic carbocycles. The highest BCUT2D eigenvalue weighted by molar-refractivity contribution is 7.86. The second-order valence-corrected chi connectivity index (χ2v) is 6.57. The Labute approximate surface area is 92.4 Å². The van der Waals surface area contributed by atoms with Gasteiger partial charge in [-0.2, -0.15) is 17.0 Å². The Bertz CT molecular complexity index is 307. The maximum absolute atomic E-state index is 12.0. The normalized spacial score (nSPS) is 21.5. The highest BCUT2D eigenvalue weighted by Gasteiger charge is 2.42. The molecular formula is C9H21N3O2S. The van der Waals surface area contributed by atoms with Gasteiger partial charge in [0.25, 0.3) is 10.2 Å². The van der Waals surface area contributed by atoms with Crippen molar-refractivity contribution in [1.29, 1.82) is 0 Å². The van der Waals surface area contributed by atoms with Crippen LogP contribution in [0.15, 0.2) is 0 Å². The first-order valence-electron chi connectivity index (χ1n) is 5.23. The Kier molecular flexibility index (Phi) is 3.76. The van der Waals surface area contributed by atoms with Gasteiger partial charge in [-0.25, -0.2) is 0 Å². The summed E-state index contributed by atoms with van der Waals surface area (Å²) in [6.07, 6.45) is 3.86. The highest BCUT2D eigenvalue weighted by atomic mass is 32.2. The lowest BCUT2D eigenvalue weighted by atomic mass is 9.98. The van der Waals surface area contributed by atoms with Crippen molar-refractivity contribution in [2.24, 2.45) is 5.73 Å². The van der Waals surface area contributed by atoms with Crippen LogP contribution >= 0.6 is 0 Å². The molecule has 0 heterocycles. The Morgan fingerprint density at radius 3 is 2.00 bits per heavy atom. The van der Waals surface area contributed by atoms with E-state index in [1.54, 1.807) is 21.1 Å². The van der Waals surface area contributed by atoms with Crippen LogP contribution in [0.25, 0.3) is 0 Å². The molecule has 1 aliphatic rings. The maximum Gasteiger partial charge on any atom is 0.281 e. The van der Waals surface area contributed by atoms with E-state index in [-0.39, 0.29) is 5.54 Å². The molecule has 15 heavy (non-hydrogen) atoms. The van der Waals surface area contributed by atoms with Crippen LogP contribution in [0.1, 0.15) is 25.7 Å². The lowest BCUT2D eigenvalue weighted by molar-refractivity contribution is 0.220. The SMILES string of the molecule is CN(C)S(=O)(=O)N(C)C1(CN)CCCC1. The summed E-state index contributed by atoms with van der Waals surface area (Å²) in [6, 6.07) is 0. The van der Waals surface area contributed by atoms with Gasteiger partial charge in [0, 0.05) is 33.2 Å². The minimum Gasteiger partial charge on any atom is -0.329 e. The average Bonchev–Trinajstić information content (AvgIpc) is 2.65. The van der Waals surface area contributed by atoms with Gasteiger partial charge in [-0.15, -0.1) is 0 Å². The van der Waals surface area contributed by atoms with E-state index < -0.39 is 10.2 Å². The van der Waals surface area contributed by atoms with E-state index in [1.807, 2.05) is 0 Å². The predicted molar refractivity (Wildman–Crippen MR) is 60.6 cm³/mol. The molecule has 1 rings (SSSR count). The summed E-state index contributed by atoms with van der Waals surface area (Å²) in [6.45, 7) is 0.399. The first-order chi connectivity index (χ1) is 6.87. The molecule has 0 aromatic heterocycles. The zero-order chi connectivity index (χ0) is 11.7. The highest BCUT2D eigenvalue weighted by Crippen LogP contribution is 2.35. The van der Waals surface area contributed by atoms with Crippen LogP contribution in [0.3, 0.4) is 0 Å². The summed E-state index contributed by atoms with van der Waals surface area (Å²) in [5, 5.41) is 0. The molecule has 5 nitrogen and oxygen atoms in total. The molecule has 0 amide bonds. The Morgan fingerprint density at radius 1 is 1.20 bits per heavy atom. The molecule has 0 aliphatic heterocycles. The molecule has 0 saturated heterocycles. The molecule has 0 unspecified atom stereocenters. The van der Waals surface area contributed by atoms with E-state index >= 15 is 0 Å². The van der Waals surface area contributed by atoms with Crippen molar-refractivity contribution in [1.82, 2.24) is 8.61 Å². The number of hydrogen-bond donors (Lipinski definition) is 1. The monoisotopic (exact) mass is 235 g/mol. The van der Waals surface area contributed by atoms with Crippen molar-refractivity contribution in [3.63, 3.8) is 0 Å². The van der Waals surface area contributed by atoms with Crippen molar-refractivity contribution >= 4 is 10.2 Å². The van der Waals surface area contributed by atoms with Gasteiger partial charge in [-0.3, -0.25) is 0 Å². The number of likely N-dealkylation sites (N-methyl/N-ethyl adjacent to an activating group) is 1. The number of nitrogens with zero attached hydrogens (tertiary/aromatic N) is 2. The van der Waals surface area contributed by atoms with Gasteiger partial charge in [0.2, 0.25) is 0 Å². The van der Waals surface area contributed by atoms with E-state index in [4.69, 9.17) is 5.73 Å². The molecule has 0 aromatic rings. The molecule has 2 N–H and O–H groups in total. The Morgan fingerprint density at radius 2 is 1.67 bits per heavy atom. The average molecular weight is 235 g/mol. The summed E-state index contributed by atoms with van der Waals surface area (Å²) in [5.41, 5.74) is 5.38. The number of nitrogens with two attached hydrogens (primary N) is 1. The smallest absolute Gasteiger partial charge is 0.281 e. The molecule has 6 heteroatoms. The van der Waals surface area contributed by atoms with Crippen molar-refractivity contribution in [3.05, 3.63) is 0 Å². The van der Waals surface area contributed by atoms with Gasteiger partial charge >= 0.3 is 0 Å². The lowest BCUT2D eigenvalue weighted by Crippen LogP contribution is -2.55. The summed E-state index contributed by atoms with van der Waals surface area (Å²) >= 11 is 0. The second-order valence-electron chi connectivity index (χ2n) is 4.39. The van der Waals surface area contributed by atoms with Gasteiger partial charge < -0.3 is 5.73 Å². The zero-order valence-corrected chi connectivity index (χ0v) is 10.5. The van der Waals surface area contributed by atoms with Crippen molar-refractivity contribution < 1.29 is 8.42 Å². The quantitative estimate of drug-likeness (QED) is 0.745. The van der Waals surface area contributed by atoms with Gasteiger partial charge in [0.05, 0.1) is 0 Å². The Balaban J connectivity index is 2.96. The minimum atomic E-state index is -3.34. The molecule has 1 aliphatic carbocycles. The van der Waals surface area contributed by atoms with Crippen LogP contribution in [0.2, 0.25) is 0 Å². The van der Waals surface area contributed by atoms with Crippen LogP contribution in [-0.4, -0.2) is 50.3 Å². The van der Waals surface area contributed by atoms with Crippen LogP contribution in [0.5, 0.6) is 0 Å². The predicted octanol–water partition coefficient (Wildman–Crippen LogP) is -0.00390. The summed E-state index contributed by atoms with van der Waals surface area (Å²) in [7, 11) is 1.38. The molecule has 1 saturated carbocycles. The molecule has 90 valence electrons. The van der Waals surface area contributed by atoms with Gasteiger partial charge in [0.1, 0.15) is 0 Å². The molecule has 0 atom stereocenters.